The fraction of sp³-hybridized carbons (Fsp3) is 0.0667. The molecule has 1 heterocycles. The number of halogens is 1. The number of aromatic amines is 1. The number of nitrogens with one attached hydrogen (secondary N) is 2. The molecule has 0 spiro atoms. The van der Waals surface area contributed by atoms with Crippen LogP contribution in [0.4, 0.5) is 0 Å². The molecule has 0 unspecified atom stereocenters. The van der Waals surface area contributed by atoms with Gasteiger partial charge in [0.15, 0.2) is 5.69 Å². The molecule has 0 radical (unpaired) electrons. The van der Waals surface area contributed by atoms with Gasteiger partial charge in [0.1, 0.15) is 0 Å². The predicted octanol–water partition coefficient (Wildman–Crippen LogP) is 3.15. The van der Waals surface area contributed by atoms with Crippen LogP contribution in [0.2, 0.25) is 5.02 Å². The van der Waals surface area contributed by atoms with Crippen molar-refractivity contribution in [2.45, 2.75) is 6.54 Å². The van der Waals surface area contributed by atoms with E-state index >= 15 is 0 Å². The topological polar surface area (TPSA) is 57.8 Å². The van der Waals surface area contributed by atoms with Gasteiger partial charge in [0.25, 0.3) is 5.91 Å². The Morgan fingerprint density at radius 3 is 2.80 bits per heavy atom. The van der Waals surface area contributed by atoms with Crippen molar-refractivity contribution in [3.05, 3.63) is 64.8 Å². The monoisotopic (exact) mass is 285 g/mol. The smallest absolute Gasteiger partial charge is 0.272 e. The lowest BCUT2D eigenvalue weighted by atomic mass is 10.2. The lowest BCUT2D eigenvalue weighted by Crippen LogP contribution is -2.23. The molecule has 2 aromatic carbocycles. The van der Waals surface area contributed by atoms with Gasteiger partial charge in [-0.15, -0.1) is 0 Å². The molecule has 0 atom stereocenters. The minimum Gasteiger partial charge on any atom is -0.347 e. The minimum atomic E-state index is -0.220. The molecule has 100 valence electrons. The van der Waals surface area contributed by atoms with Crippen LogP contribution in [0.3, 0.4) is 0 Å². The molecule has 0 saturated heterocycles. The zero-order valence-electron chi connectivity index (χ0n) is 10.6. The van der Waals surface area contributed by atoms with Gasteiger partial charge in [0.2, 0.25) is 0 Å². The van der Waals surface area contributed by atoms with Crippen LogP contribution in [0.1, 0.15) is 16.1 Å². The Bertz CT molecular complexity index is 752. The van der Waals surface area contributed by atoms with Gasteiger partial charge < -0.3 is 5.32 Å². The summed E-state index contributed by atoms with van der Waals surface area (Å²) in [5, 5.41) is 11.0. The summed E-state index contributed by atoms with van der Waals surface area (Å²) in [5.74, 6) is -0.220. The number of rotatable bonds is 3. The number of H-pyrrole nitrogens is 1. The fourth-order valence-electron chi connectivity index (χ4n) is 2.02. The standard InChI is InChI=1S/C15H12ClN3O/c16-11-6-7-13-12(8-11)14(19-18-13)15(20)17-9-10-4-2-1-3-5-10/h1-8H,9H2,(H,17,20)(H,18,19). The lowest BCUT2D eigenvalue weighted by molar-refractivity contribution is 0.0947. The molecule has 2 N–H and O–H groups in total. The third kappa shape index (κ3) is 2.51. The maximum absolute atomic E-state index is 12.2. The zero-order valence-corrected chi connectivity index (χ0v) is 11.3. The van der Waals surface area contributed by atoms with Gasteiger partial charge in [-0.2, -0.15) is 5.10 Å². The molecule has 3 aromatic rings. The van der Waals surface area contributed by atoms with E-state index in [2.05, 4.69) is 15.5 Å². The maximum Gasteiger partial charge on any atom is 0.272 e. The molecule has 0 bridgehead atoms. The quantitative estimate of drug-likeness (QED) is 0.777. The molecule has 0 aliphatic heterocycles. The Morgan fingerprint density at radius 1 is 1.20 bits per heavy atom. The Morgan fingerprint density at radius 2 is 2.00 bits per heavy atom. The fourth-order valence-corrected chi connectivity index (χ4v) is 2.19. The first-order chi connectivity index (χ1) is 9.74. The summed E-state index contributed by atoms with van der Waals surface area (Å²) in [6.45, 7) is 0.467. The summed E-state index contributed by atoms with van der Waals surface area (Å²) in [6.07, 6.45) is 0. The summed E-state index contributed by atoms with van der Waals surface area (Å²) in [5.41, 5.74) is 2.19. The number of benzene rings is 2. The van der Waals surface area contributed by atoms with Crippen molar-refractivity contribution in [2.24, 2.45) is 0 Å². The third-order valence-electron chi connectivity index (χ3n) is 3.04. The SMILES string of the molecule is O=C(NCc1ccccc1)c1n[nH]c2ccc(Cl)cc12. The average molecular weight is 286 g/mol. The second-order valence-corrected chi connectivity index (χ2v) is 4.87. The Balaban J connectivity index is 1.80. The van der Waals surface area contributed by atoms with Crippen molar-refractivity contribution in [3.8, 4) is 0 Å². The Kier molecular flexibility index (Phi) is 3.39. The van der Waals surface area contributed by atoms with Gasteiger partial charge in [0.05, 0.1) is 5.52 Å². The van der Waals surface area contributed by atoms with E-state index in [9.17, 15) is 4.79 Å². The average Bonchev–Trinajstić information content (AvgIpc) is 2.89. The molecule has 0 aliphatic carbocycles. The van der Waals surface area contributed by atoms with Crippen LogP contribution in [-0.2, 0) is 6.54 Å². The van der Waals surface area contributed by atoms with Gasteiger partial charge in [-0.1, -0.05) is 41.9 Å². The lowest BCUT2D eigenvalue weighted by Gasteiger charge is -2.03. The molecular weight excluding hydrogens is 274 g/mol. The highest BCUT2D eigenvalue weighted by Gasteiger charge is 2.13. The van der Waals surface area contributed by atoms with Crippen LogP contribution >= 0.6 is 11.6 Å². The normalized spacial score (nSPS) is 10.7. The van der Waals surface area contributed by atoms with Crippen molar-refractivity contribution >= 4 is 28.4 Å². The number of fused-ring (bicyclic) bond motifs is 1. The second kappa shape index (κ2) is 5.35. The highest BCUT2D eigenvalue weighted by molar-refractivity contribution is 6.31. The van der Waals surface area contributed by atoms with E-state index in [1.165, 1.54) is 0 Å². The van der Waals surface area contributed by atoms with Gasteiger partial charge in [-0.05, 0) is 23.8 Å². The van der Waals surface area contributed by atoms with Gasteiger partial charge in [-0.25, -0.2) is 0 Å². The molecule has 0 saturated carbocycles. The predicted molar refractivity (Wildman–Crippen MR) is 78.7 cm³/mol. The van der Waals surface area contributed by atoms with Crippen LogP contribution in [-0.4, -0.2) is 16.1 Å². The molecule has 3 rings (SSSR count). The largest absolute Gasteiger partial charge is 0.347 e. The van der Waals surface area contributed by atoms with Crippen molar-refractivity contribution in [3.63, 3.8) is 0 Å². The van der Waals surface area contributed by atoms with Crippen molar-refractivity contribution in [1.29, 1.82) is 0 Å². The summed E-state index contributed by atoms with van der Waals surface area (Å²) >= 11 is 5.95. The first-order valence-electron chi connectivity index (χ1n) is 6.20. The molecule has 5 heteroatoms. The highest BCUT2D eigenvalue weighted by atomic mass is 35.5. The number of hydrogen-bond donors (Lipinski definition) is 2. The molecule has 4 nitrogen and oxygen atoms in total. The van der Waals surface area contributed by atoms with Crippen LogP contribution < -0.4 is 5.32 Å². The number of carbonyl (C=O) groups excluding carboxylic acids is 1. The van der Waals surface area contributed by atoms with E-state index in [1.807, 2.05) is 30.3 Å². The third-order valence-corrected chi connectivity index (χ3v) is 3.27. The summed E-state index contributed by atoms with van der Waals surface area (Å²) in [6, 6.07) is 15.0. The first kappa shape index (κ1) is 12.7. The first-order valence-corrected chi connectivity index (χ1v) is 6.57. The number of aromatic nitrogens is 2. The Labute approximate surface area is 120 Å². The molecule has 0 aliphatic rings. The van der Waals surface area contributed by atoms with Gasteiger partial charge in [0, 0.05) is 17.0 Å². The number of hydrogen-bond acceptors (Lipinski definition) is 2. The molecular formula is C15H12ClN3O. The maximum atomic E-state index is 12.2. The summed E-state index contributed by atoms with van der Waals surface area (Å²) in [4.78, 5) is 12.2. The minimum absolute atomic E-state index is 0.220. The van der Waals surface area contributed by atoms with Crippen LogP contribution in [0.5, 0.6) is 0 Å². The molecule has 0 fully saturated rings. The van der Waals surface area contributed by atoms with Crippen LogP contribution in [0.25, 0.3) is 10.9 Å². The summed E-state index contributed by atoms with van der Waals surface area (Å²) < 4.78 is 0. The van der Waals surface area contributed by atoms with E-state index < -0.39 is 0 Å². The van der Waals surface area contributed by atoms with E-state index in [0.717, 1.165) is 16.5 Å². The van der Waals surface area contributed by atoms with E-state index in [-0.39, 0.29) is 5.91 Å². The highest BCUT2D eigenvalue weighted by Crippen LogP contribution is 2.20. The molecule has 20 heavy (non-hydrogen) atoms. The Hall–Kier alpha value is -2.33. The molecule has 1 amide bonds. The summed E-state index contributed by atoms with van der Waals surface area (Å²) in [7, 11) is 0. The second-order valence-electron chi connectivity index (χ2n) is 4.43. The number of carbonyl (C=O) groups is 1. The van der Waals surface area contributed by atoms with E-state index in [1.54, 1.807) is 18.2 Å². The van der Waals surface area contributed by atoms with Crippen LogP contribution in [0, 0.1) is 0 Å². The van der Waals surface area contributed by atoms with Gasteiger partial charge in [-0.3, -0.25) is 9.89 Å². The van der Waals surface area contributed by atoms with Crippen molar-refractivity contribution in [1.82, 2.24) is 15.5 Å². The zero-order chi connectivity index (χ0) is 13.9. The van der Waals surface area contributed by atoms with Crippen molar-refractivity contribution < 1.29 is 4.79 Å². The number of nitrogens with zero attached hydrogens (tertiary/aromatic N) is 1. The number of amides is 1. The van der Waals surface area contributed by atoms with Crippen LogP contribution in [0.15, 0.2) is 48.5 Å². The van der Waals surface area contributed by atoms with E-state index in [0.29, 0.717) is 17.3 Å². The molecule has 1 aromatic heterocycles. The van der Waals surface area contributed by atoms with E-state index in [4.69, 9.17) is 11.6 Å². The van der Waals surface area contributed by atoms with Gasteiger partial charge >= 0.3 is 0 Å². The van der Waals surface area contributed by atoms with Crippen molar-refractivity contribution in [2.75, 3.05) is 0 Å².